The number of carbonyl (C=O) groups is 1. The van der Waals surface area contributed by atoms with Gasteiger partial charge in [0.15, 0.2) is 0 Å². The highest BCUT2D eigenvalue weighted by Crippen LogP contribution is 2.21. The molecule has 0 aromatic heterocycles. The molecule has 2 rings (SSSR count). The molecular formula is C17H26N2O2. The lowest BCUT2D eigenvalue weighted by molar-refractivity contribution is -0.124. The fourth-order valence-electron chi connectivity index (χ4n) is 2.54. The minimum absolute atomic E-state index is 0.0216. The zero-order chi connectivity index (χ0) is 15.2. The van der Waals surface area contributed by atoms with E-state index in [2.05, 4.69) is 41.4 Å². The summed E-state index contributed by atoms with van der Waals surface area (Å²) in [5.41, 5.74) is 2.51. The average molecular weight is 290 g/mol. The van der Waals surface area contributed by atoms with Crippen LogP contribution in [-0.4, -0.2) is 43.7 Å². The van der Waals surface area contributed by atoms with Crippen LogP contribution in [0.1, 0.15) is 31.0 Å². The van der Waals surface area contributed by atoms with E-state index in [1.165, 1.54) is 11.1 Å². The van der Waals surface area contributed by atoms with E-state index >= 15 is 0 Å². The number of morpholine rings is 1. The summed E-state index contributed by atoms with van der Waals surface area (Å²) < 4.78 is 5.44. The van der Waals surface area contributed by atoms with E-state index in [4.69, 9.17) is 4.74 Å². The molecule has 4 nitrogen and oxygen atoms in total. The number of amides is 1. The fraction of sp³-hybridized carbons (Fsp3) is 0.588. The Morgan fingerprint density at radius 3 is 2.43 bits per heavy atom. The number of hydrogen-bond donors (Lipinski definition) is 1. The van der Waals surface area contributed by atoms with Gasteiger partial charge in [0, 0.05) is 25.6 Å². The van der Waals surface area contributed by atoms with Crippen LogP contribution in [0.15, 0.2) is 24.3 Å². The van der Waals surface area contributed by atoms with E-state index in [1.807, 2.05) is 13.8 Å². The predicted molar refractivity (Wildman–Crippen MR) is 84.2 cm³/mol. The van der Waals surface area contributed by atoms with Gasteiger partial charge in [-0.1, -0.05) is 43.7 Å². The van der Waals surface area contributed by atoms with E-state index in [0.717, 1.165) is 26.3 Å². The van der Waals surface area contributed by atoms with Gasteiger partial charge in [0.25, 0.3) is 0 Å². The van der Waals surface area contributed by atoms with Crippen molar-refractivity contribution in [3.05, 3.63) is 35.4 Å². The number of nitrogens with zero attached hydrogens (tertiary/aromatic N) is 1. The molecule has 0 unspecified atom stereocenters. The van der Waals surface area contributed by atoms with Crippen molar-refractivity contribution >= 4 is 5.91 Å². The number of carbonyl (C=O) groups excluding carboxylic acids is 1. The van der Waals surface area contributed by atoms with Crippen molar-refractivity contribution in [1.82, 2.24) is 10.2 Å². The highest BCUT2D eigenvalue weighted by Gasteiger charge is 2.23. The van der Waals surface area contributed by atoms with Gasteiger partial charge in [0.05, 0.1) is 19.3 Å². The van der Waals surface area contributed by atoms with Gasteiger partial charge < -0.3 is 10.1 Å². The second kappa shape index (κ2) is 7.57. The summed E-state index contributed by atoms with van der Waals surface area (Å²) in [5.74, 6) is 0.133. The average Bonchev–Trinajstić information content (AvgIpc) is 2.50. The van der Waals surface area contributed by atoms with E-state index in [0.29, 0.717) is 6.54 Å². The molecule has 21 heavy (non-hydrogen) atoms. The molecule has 1 fully saturated rings. The van der Waals surface area contributed by atoms with Crippen molar-refractivity contribution in [3.63, 3.8) is 0 Å². The quantitative estimate of drug-likeness (QED) is 0.903. The van der Waals surface area contributed by atoms with Crippen molar-refractivity contribution in [2.75, 3.05) is 32.8 Å². The zero-order valence-corrected chi connectivity index (χ0v) is 13.3. The Labute approximate surface area is 127 Å². The van der Waals surface area contributed by atoms with Gasteiger partial charge in [-0.2, -0.15) is 0 Å². The summed E-state index contributed by atoms with van der Waals surface area (Å²) in [6.07, 6.45) is 0. The van der Waals surface area contributed by atoms with Gasteiger partial charge in [-0.05, 0) is 12.5 Å². The van der Waals surface area contributed by atoms with E-state index in [-0.39, 0.29) is 17.9 Å². The Morgan fingerprint density at radius 1 is 1.24 bits per heavy atom. The van der Waals surface area contributed by atoms with Crippen LogP contribution in [0.4, 0.5) is 0 Å². The molecule has 1 aliphatic rings. The summed E-state index contributed by atoms with van der Waals surface area (Å²) in [4.78, 5) is 14.3. The molecule has 1 aromatic rings. The molecule has 1 atom stereocenters. The molecular weight excluding hydrogens is 264 g/mol. The summed E-state index contributed by atoms with van der Waals surface area (Å²) >= 11 is 0. The maximum atomic E-state index is 11.9. The molecule has 0 bridgehead atoms. The highest BCUT2D eigenvalue weighted by atomic mass is 16.5. The Morgan fingerprint density at radius 2 is 1.86 bits per heavy atom. The van der Waals surface area contributed by atoms with Crippen molar-refractivity contribution in [2.24, 2.45) is 5.92 Å². The normalized spacial score (nSPS) is 17.7. The lowest BCUT2D eigenvalue weighted by Gasteiger charge is -2.35. The second-order valence-electron chi connectivity index (χ2n) is 5.97. The van der Waals surface area contributed by atoms with Gasteiger partial charge in [-0.3, -0.25) is 9.69 Å². The third-order valence-electron chi connectivity index (χ3n) is 3.94. The molecule has 1 N–H and O–H groups in total. The standard InChI is InChI=1S/C17H26N2O2/c1-13(2)17(20)18-12-16(19-8-10-21-11-9-19)15-6-4-14(3)5-7-15/h4-7,13,16H,8-12H2,1-3H3,(H,18,20)/t16-/m1/s1. The molecule has 0 radical (unpaired) electrons. The number of ether oxygens (including phenoxy) is 1. The third kappa shape index (κ3) is 4.55. The monoisotopic (exact) mass is 290 g/mol. The van der Waals surface area contributed by atoms with Crippen LogP contribution >= 0.6 is 0 Å². The SMILES string of the molecule is Cc1ccc([C@@H](CNC(=O)C(C)C)N2CCOCC2)cc1. The molecule has 0 spiro atoms. The summed E-state index contributed by atoms with van der Waals surface area (Å²) in [7, 11) is 0. The number of rotatable bonds is 5. The molecule has 1 aliphatic heterocycles. The smallest absolute Gasteiger partial charge is 0.222 e. The molecule has 4 heteroatoms. The molecule has 1 heterocycles. The Kier molecular flexibility index (Phi) is 5.76. The van der Waals surface area contributed by atoms with Crippen LogP contribution in [-0.2, 0) is 9.53 Å². The maximum absolute atomic E-state index is 11.9. The van der Waals surface area contributed by atoms with Crippen LogP contribution in [0.3, 0.4) is 0 Å². The van der Waals surface area contributed by atoms with Crippen LogP contribution in [0, 0.1) is 12.8 Å². The molecule has 1 saturated heterocycles. The molecule has 0 aliphatic carbocycles. The van der Waals surface area contributed by atoms with Crippen LogP contribution < -0.4 is 5.32 Å². The Balaban J connectivity index is 2.09. The van der Waals surface area contributed by atoms with Gasteiger partial charge in [0.2, 0.25) is 5.91 Å². The zero-order valence-electron chi connectivity index (χ0n) is 13.3. The van der Waals surface area contributed by atoms with Gasteiger partial charge in [-0.15, -0.1) is 0 Å². The van der Waals surface area contributed by atoms with Crippen molar-refractivity contribution in [2.45, 2.75) is 26.8 Å². The first-order valence-electron chi connectivity index (χ1n) is 7.74. The molecule has 116 valence electrons. The first kappa shape index (κ1) is 16.0. The molecule has 0 saturated carbocycles. The van der Waals surface area contributed by atoms with Gasteiger partial charge >= 0.3 is 0 Å². The van der Waals surface area contributed by atoms with Crippen molar-refractivity contribution in [3.8, 4) is 0 Å². The van der Waals surface area contributed by atoms with Gasteiger partial charge in [-0.25, -0.2) is 0 Å². The Hall–Kier alpha value is -1.39. The predicted octanol–water partition coefficient (Wildman–Crippen LogP) is 2.14. The molecule has 1 amide bonds. The lowest BCUT2D eigenvalue weighted by Crippen LogP contribution is -2.44. The van der Waals surface area contributed by atoms with Crippen LogP contribution in [0.2, 0.25) is 0 Å². The van der Waals surface area contributed by atoms with Crippen molar-refractivity contribution in [1.29, 1.82) is 0 Å². The van der Waals surface area contributed by atoms with Crippen LogP contribution in [0.25, 0.3) is 0 Å². The Bertz CT molecular complexity index is 450. The number of nitrogens with one attached hydrogen (secondary N) is 1. The van der Waals surface area contributed by atoms with E-state index in [1.54, 1.807) is 0 Å². The van der Waals surface area contributed by atoms with Gasteiger partial charge in [0.1, 0.15) is 0 Å². The first-order valence-corrected chi connectivity index (χ1v) is 7.74. The minimum Gasteiger partial charge on any atom is -0.379 e. The number of benzene rings is 1. The topological polar surface area (TPSA) is 41.6 Å². The van der Waals surface area contributed by atoms with E-state index in [9.17, 15) is 4.79 Å². The number of aryl methyl sites for hydroxylation is 1. The first-order chi connectivity index (χ1) is 10.1. The molecule has 1 aromatic carbocycles. The minimum atomic E-state index is 0.0216. The maximum Gasteiger partial charge on any atom is 0.222 e. The summed E-state index contributed by atoms with van der Waals surface area (Å²) in [5, 5.41) is 3.07. The van der Waals surface area contributed by atoms with Crippen LogP contribution in [0.5, 0.6) is 0 Å². The second-order valence-corrected chi connectivity index (χ2v) is 5.97. The van der Waals surface area contributed by atoms with E-state index < -0.39 is 0 Å². The summed E-state index contributed by atoms with van der Waals surface area (Å²) in [6.45, 7) is 9.94. The number of hydrogen-bond acceptors (Lipinski definition) is 3. The highest BCUT2D eigenvalue weighted by molar-refractivity contribution is 5.77. The lowest BCUT2D eigenvalue weighted by atomic mass is 10.0. The largest absolute Gasteiger partial charge is 0.379 e. The third-order valence-corrected chi connectivity index (χ3v) is 3.94. The fourth-order valence-corrected chi connectivity index (χ4v) is 2.54. The summed E-state index contributed by atoms with van der Waals surface area (Å²) in [6, 6.07) is 8.81. The van der Waals surface area contributed by atoms with Crippen molar-refractivity contribution < 1.29 is 9.53 Å².